The molecule has 3 heterocycles. The van der Waals surface area contributed by atoms with E-state index in [-0.39, 0.29) is 29.4 Å². The third-order valence-corrected chi connectivity index (χ3v) is 4.60. The molecule has 138 valence electrons. The van der Waals surface area contributed by atoms with Crippen LogP contribution in [0.15, 0.2) is 40.1 Å². The first-order chi connectivity index (χ1) is 12.4. The number of likely N-dealkylation sites (tertiary alicyclic amines) is 1. The second-order valence-electron chi connectivity index (χ2n) is 6.70. The van der Waals surface area contributed by atoms with E-state index in [0.29, 0.717) is 31.3 Å². The number of aryl methyl sites for hydroxylation is 1. The molecule has 26 heavy (non-hydrogen) atoms. The molecule has 0 saturated carbocycles. The fourth-order valence-corrected chi connectivity index (χ4v) is 3.13. The van der Waals surface area contributed by atoms with E-state index >= 15 is 0 Å². The highest BCUT2D eigenvalue weighted by Gasteiger charge is 2.28. The standard InChI is InChI=1S/C18H23N5O3/c1-21(2)18-19-14(11-15(24)20-18)13-6-9-23(12-13)17(26)7-10-22-8-4-3-5-16(22)25/h3-5,8,11,13H,6-7,9-10,12H2,1-2H3,(H,19,20,24). The molecule has 0 radical (unpaired) electrons. The number of aromatic amines is 1. The number of amides is 1. The molecular formula is C18H23N5O3. The smallest absolute Gasteiger partial charge is 0.252 e. The number of nitrogens with one attached hydrogen (secondary N) is 1. The van der Waals surface area contributed by atoms with Crippen molar-refractivity contribution in [3.8, 4) is 0 Å². The number of carbonyl (C=O) groups is 1. The van der Waals surface area contributed by atoms with Gasteiger partial charge in [0.2, 0.25) is 11.9 Å². The fraction of sp³-hybridized carbons (Fsp3) is 0.444. The molecule has 1 unspecified atom stereocenters. The summed E-state index contributed by atoms with van der Waals surface area (Å²) >= 11 is 0. The molecule has 8 nitrogen and oxygen atoms in total. The van der Waals surface area contributed by atoms with Crippen molar-refractivity contribution in [1.82, 2.24) is 19.4 Å². The Labute approximate surface area is 151 Å². The lowest BCUT2D eigenvalue weighted by Crippen LogP contribution is -2.30. The normalized spacial score (nSPS) is 16.7. The summed E-state index contributed by atoms with van der Waals surface area (Å²) < 4.78 is 1.53. The van der Waals surface area contributed by atoms with Gasteiger partial charge in [-0.3, -0.25) is 19.4 Å². The Bertz CT molecular complexity index is 902. The first-order valence-corrected chi connectivity index (χ1v) is 8.66. The Hall–Kier alpha value is -2.90. The molecular weight excluding hydrogens is 334 g/mol. The Morgan fingerprint density at radius 1 is 1.35 bits per heavy atom. The molecule has 2 aromatic heterocycles. The highest BCUT2D eigenvalue weighted by atomic mass is 16.2. The minimum atomic E-state index is -0.188. The van der Waals surface area contributed by atoms with E-state index in [1.807, 2.05) is 14.1 Å². The summed E-state index contributed by atoms with van der Waals surface area (Å²) in [7, 11) is 3.64. The van der Waals surface area contributed by atoms with Crippen molar-refractivity contribution in [1.29, 1.82) is 0 Å². The highest BCUT2D eigenvalue weighted by Crippen LogP contribution is 2.26. The highest BCUT2D eigenvalue weighted by molar-refractivity contribution is 5.76. The van der Waals surface area contributed by atoms with Gasteiger partial charge in [0.05, 0.1) is 5.69 Å². The summed E-state index contributed by atoms with van der Waals surface area (Å²) in [5, 5.41) is 0. The van der Waals surface area contributed by atoms with Gasteiger partial charge in [-0.15, -0.1) is 0 Å². The van der Waals surface area contributed by atoms with E-state index in [9.17, 15) is 14.4 Å². The Morgan fingerprint density at radius 2 is 2.15 bits per heavy atom. The molecule has 1 atom stereocenters. The van der Waals surface area contributed by atoms with Crippen LogP contribution in [0.1, 0.15) is 24.5 Å². The summed E-state index contributed by atoms with van der Waals surface area (Å²) in [6.45, 7) is 1.55. The number of aromatic nitrogens is 3. The van der Waals surface area contributed by atoms with E-state index < -0.39 is 0 Å². The van der Waals surface area contributed by atoms with Gasteiger partial charge in [0, 0.05) is 64.4 Å². The minimum Gasteiger partial charge on any atom is -0.348 e. The molecule has 1 N–H and O–H groups in total. The molecule has 8 heteroatoms. The van der Waals surface area contributed by atoms with Crippen molar-refractivity contribution < 1.29 is 4.79 Å². The molecule has 3 rings (SSSR count). The van der Waals surface area contributed by atoms with E-state index in [2.05, 4.69) is 9.97 Å². The van der Waals surface area contributed by atoms with Crippen LogP contribution in [-0.2, 0) is 11.3 Å². The van der Waals surface area contributed by atoms with E-state index in [4.69, 9.17) is 0 Å². The topological polar surface area (TPSA) is 91.3 Å². The van der Waals surface area contributed by atoms with Crippen molar-refractivity contribution in [3.63, 3.8) is 0 Å². The molecule has 0 aliphatic carbocycles. The number of hydrogen-bond donors (Lipinski definition) is 1. The predicted octanol–water partition coefficient (Wildman–Crippen LogP) is 0.404. The molecule has 1 saturated heterocycles. The first kappa shape index (κ1) is 17.9. The third kappa shape index (κ3) is 4.01. The van der Waals surface area contributed by atoms with Gasteiger partial charge in [-0.2, -0.15) is 0 Å². The number of pyridine rings is 1. The van der Waals surface area contributed by atoms with Crippen LogP contribution < -0.4 is 16.0 Å². The predicted molar refractivity (Wildman–Crippen MR) is 98.4 cm³/mol. The zero-order valence-electron chi connectivity index (χ0n) is 15.0. The number of carbonyl (C=O) groups excluding carboxylic acids is 1. The van der Waals surface area contributed by atoms with E-state index in [1.54, 1.807) is 28.1 Å². The molecule has 0 aromatic carbocycles. The van der Waals surface area contributed by atoms with Crippen LogP contribution >= 0.6 is 0 Å². The molecule has 0 spiro atoms. The van der Waals surface area contributed by atoms with Crippen LogP contribution in [0, 0.1) is 0 Å². The molecule has 1 amide bonds. The van der Waals surface area contributed by atoms with Gasteiger partial charge in [0.1, 0.15) is 0 Å². The van der Waals surface area contributed by atoms with Crippen LogP contribution in [0.3, 0.4) is 0 Å². The maximum atomic E-state index is 12.5. The van der Waals surface area contributed by atoms with Crippen LogP contribution in [0.25, 0.3) is 0 Å². The number of nitrogens with zero attached hydrogens (tertiary/aromatic N) is 4. The van der Waals surface area contributed by atoms with Crippen molar-refractivity contribution in [2.24, 2.45) is 0 Å². The summed E-state index contributed by atoms with van der Waals surface area (Å²) in [6, 6.07) is 6.45. The molecule has 0 bridgehead atoms. The quantitative estimate of drug-likeness (QED) is 0.837. The lowest BCUT2D eigenvalue weighted by molar-refractivity contribution is -0.130. The fourth-order valence-electron chi connectivity index (χ4n) is 3.13. The maximum Gasteiger partial charge on any atom is 0.252 e. The maximum absolute atomic E-state index is 12.5. The third-order valence-electron chi connectivity index (χ3n) is 4.60. The number of H-pyrrole nitrogens is 1. The van der Waals surface area contributed by atoms with Gasteiger partial charge in [-0.25, -0.2) is 4.98 Å². The molecule has 1 fully saturated rings. The lowest BCUT2D eigenvalue weighted by Gasteiger charge is -2.17. The van der Waals surface area contributed by atoms with Crippen LogP contribution in [0.5, 0.6) is 0 Å². The second-order valence-corrected chi connectivity index (χ2v) is 6.70. The number of rotatable bonds is 5. The van der Waals surface area contributed by atoms with Gasteiger partial charge in [-0.1, -0.05) is 6.07 Å². The molecule has 1 aliphatic heterocycles. The van der Waals surface area contributed by atoms with Gasteiger partial charge < -0.3 is 14.4 Å². The van der Waals surface area contributed by atoms with Crippen molar-refractivity contribution in [2.75, 3.05) is 32.1 Å². The second kappa shape index (κ2) is 7.55. The summed E-state index contributed by atoms with van der Waals surface area (Å²) in [5.41, 5.74) is 0.419. The van der Waals surface area contributed by atoms with Crippen molar-refractivity contribution in [2.45, 2.75) is 25.3 Å². The largest absolute Gasteiger partial charge is 0.348 e. The van der Waals surface area contributed by atoms with Gasteiger partial charge in [0.15, 0.2) is 0 Å². The van der Waals surface area contributed by atoms with Crippen molar-refractivity contribution in [3.05, 3.63) is 56.9 Å². The van der Waals surface area contributed by atoms with E-state index in [1.165, 1.54) is 16.7 Å². The summed E-state index contributed by atoms with van der Waals surface area (Å²) in [6.07, 6.45) is 2.74. The number of hydrogen-bond acceptors (Lipinski definition) is 5. The monoisotopic (exact) mass is 357 g/mol. The average Bonchev–Trinajstić information content (AvgIpc) is 3.10. The number of anilines is 1. The van der Waals surface area contributed by atoms with Gasteiger partial charge in [-0.05, 0) is 12.5 Å². The van der Waals surface area contributed by atoms with Crippen LogP contribution in [-0.4, -0.2) is 52.5 Å². The SMILES string of the molecule is CN(C)c1nc(C2CCN(C(=O)CCn3ccccc3=O)C2)cc(=O)[nH]1. The Balaban J connectivity index is 1.63. The zero-order chi connectivity index (χ0) is 18.7. The Kier molecular flexibility index (Phi) is 5.20. The molecule has 2 aromatic rings. The van der Waals surface area contributed by atoms with Gasteiger partial charge >= 0.3 is 0 Å². The lowest BCUT2D eigenvalue weighted by atomic mass is 10.1. The summed E-state index contributed by atoms with van der Waals surface area (Å²) in [4.78, 5) is 46.7. The van der Waals surface area contributed by atoms with Gasteiger partial charge in [0.25, 0.3) is 11.1 Å². The van der Waals surface area contributed by atoms with Crippen LogP contribution in [0.4, 0.5) is 5.95 Å². The van der Waals surface area contributed by atoms with Crippen LogP contribution in [0.2, 0.25) is 0 Å². The summed E-state index contributed by atoms with van der Waals surface area (Å²) in [5.74, 6) is 0.584. The zero-order valence-corrected chi connectivity index (χ0v) is 15.0. The average molecular weight is 357 g/mol. The minimum absolute atomic E-state index is 0.0147. The molecule has 1 aliphatic rings. The van der Waals surface area contributed by atoms with E-state index in [0.717, 1.165) is 6.42 Å². The first-order valence-electron chi connectivity index (χ1n) is 8.66. The van der Waals surface area contributed by atoms with Crippen molar-refractivity contribution >= 4 is 11.9 Å². The Morgan fingerprint density at radius 3 is 2.88 bits per heavy atom.